The number of piperidine rings is 1. The first-order valence-electron chi connectivity index (χ1n) is 7.78. The second-order valence-corrected chi connectivity index (χ2v) is 6.68. The van der Waals surface area contributed by atoms with Gasteiger partial charge >= 0.3 is 6.09 Å². The molecule has 1 aliphatic rings. The van der Waals surface area contributed by atoms with E-state index < -0.39 is 5.60 Å². The molecule has 0 saturated carbocycles. The molecule has 7 nitrogen and oxygen atoms in total. The highest BCUT2D eigenvalue weighted by atomic mass is 16.6. The number of furan rings is 1. The fourth-order valence-electron chi connectivity index (χ4n) is 2.54. The standard InChI is InChI=1S/C16H21N3O4/c1-16(2,3)22-15(20)19-8-6-11(7-9-19)14-17-13(18-23-14)12-5-4-10-21-12/h4-5,10-11H,6-9H2,1-3H3. The molecule has 0 bridgehead atoms. The van der Waals surface area contributed by atoms with Crippen molar-refractivity contribution in [2.75, 3.05) is 13.1 Å². The van der Waals surface area contributed by atoms with E-state index in [2.05, 4.69) is 10.1 Å². The van der Waals surface area contributed by atoms with Gasteiger partial charge in [0.25, 0.3) is 0 Å². The van der Waals surface area contributed by atoms with Crippen LogP contribution in [0.1, 0.15) is 45.4 Å². The number of nitrogens with zero attached hydrogens (tertiary/aromatic N) is 3. The van der Waals surface area contributed by atoms with Crippen molar-refractivity contribution in [3.63, 3.8) is 0 Å². The van der Waals surface area contributed by atoms with E-state index >= 15 is 0 Å². The predicted molar refractivity (Wildman–Crippen MR) is 81.8 cm³/mol. The molecule has 0 spiro atoms. The first-order chi connectivity index (χ1) is 10.9. The zero-order valence-electron chi connectivity index (χ0n) is 13.6. The number of aromatic nitrogens is 2. The highest BCUT2D eigenvalue weighted by Gasteiger charge is 2.30. The van der Waals surface area contributed by atoms with Gasteiger partial charge in [0.2, 0.25) is 11.7 Å². The number of carbonyl (C=O) groups is 1. The molecule has 1 amide bonds. The number of rotatable bonds is 2. The van der Waals surface area contributed by atoms with Gasteiger partial charge in [0.05, 0.1) is 6.26 Å². The third kappa shape index (κ3) is 3.72. The molecule has 0 aliphatic carbocycles. The summed E-state index contributed by atoms with van der Waals surface area (Å²) in [5, 5.41) is 3.95. The first kappa shape index (κ1) is 15.6. The molecule has 7 heteroatoms. The van der Waals surface area contributed by atoms with E-state index in [0.29, 0.717) is 30.6 Å². The van der Waals surface area contributed by atoms with E-state index in [0.717, 1.165) is 12.8 Å². The Balaban J connectivity index is 1.58. The number of ether oxygens (including phenoxy) is 1. The maximum atomic E-state index is 12.1. The number of likely N-dealkylation sites (tertiary alicyclic amines) is 1. The molecule has 2 aromatic rings. The molecule has 3 rings (SSSR count). The zero-order valence-corrected chi connectivity index (χ0v) is 13.6. The van der Waals surface area contributed by atoms with Crippen LogP contribution in [0.15, 0.2) is 27.3 Å². The van der Waals surface area contributed by atoms with Crippen molar-refractivity contribution in [2.24, 2.45) is 0 Å². The Morgan fingerprint density at radius 3 is 2.70 bits per heavy atom. The molecular weight excluding hydrogens is 298 g/mol. The van der Waals surface area contributed by atoms with Gasteiger partial charge in [-0.3, -0.25) is 0 Å². The number of hydrogen-bond acceptors (Lipinski definition) is 6. The molecule has 0 radical (unpaired) electrons. The van der Waals surface area contributed by atoms with Gasteiger partial charge in [-0.05, 0) is 45.7 Å². The van der Waals surface area contributed by atoms with Crippen LogP contribution < -0.4 is 0 Å². The predicted octanol–water partition coefficient (Wildman–Crippen LogP) is 3.44. The average Bonchev–Trinajstić information content (AvgIpc) is 3.17. The van der Waals surface area contributed by atoms with Gasteiger partial charge in [-0.25, -0.2) is 4.79 Å². The largest absolute Gasteiger partial charge is 0.461 e. The number of amides is 1. The third-order valence-corrected chi connectivity index (χ3v) is 3.68. The van der Waals surface area contributed by atoms with Gasteiger partial charge in [-0.2, -0.15) is 4.98 Å². The summed E-state index contributed by atoms with van der Waals surface area (Å²) in [5.41, 5.74) is -0.474. The maximum absolute atomic E-state index is 12.1. The lowest BCUT2D eigenvalue weighted by Crippen LogP contribution is -2.41. The Kier molecular flexibility index (Phi) is 4.11. The van der Waals surface area contributed by atoms with Crippen LogP contribution in [0.3, 0.4) is 0 Å². The Labute approximate surface area is 134 Å². The molecule has 2 aromatic heterocycles. The Bertz CT molecular complexity index is 649. The summed E-state index contributed by atoms with van der Waals surface area (Å²) in [4.78, 5) is 18.2. The van der Waals surface area contributed by atoms with Crippen molar-refractivity contribution in [3.05, 3.63) is 24.3 Å². The molecule has 1 aliphatic heterocycles. The van der Waals surface area contributed by atoms with Crippen LogP contribution in [-0.2, 0) is 4.74 Å². The molecule has 0 atom stereocenters. The third-order valence-electron chi connectivity index (χ3n) is 3.68. The summed E-state index contributed by atoms with van der Waals surface area (Å²) in [6.45, 7) is 6.85. The summed E-state index contributed by atoms with van der Waals surface area (Å²) in [7, 11) is 0. The SMILES string of the molecule is CC(C)(C)OC(=O)N1CCC(c2nc(-c3ccco3)no2)CC1. The van der Waals surface area contributed by atoms with Gasteiger partial charge in [0.1, 0.15) is 5.60 Å². The van der Waals surface area contributed by atoms with Crippen LogP contribution in [0.25, 0.3) is 11.6 Å². The zero-order chi connectivity index (χ0) is 16.4. The number of carbonyl (C=O) groups excluding carboxylic acids is 1. The van der Waals surface area contributed by atoms with Gasteiger partial charge in [-0.1, -0.05) is 5.16 Å². The van der Waals surface area contributed by atoms with E-state index in [1.165, 1.54) is 0 Å². The van der Waals surface area contributed by atoms with Crippen molar-refractivity contribution in [3.8, 4) is 11.6 Å². The fraction of sp³-hybridized carbons (Fsp3) is 0.562. The minimum absolute atomic E-state index is 0.157. The lowest BCUT2D eigenvalue weighted by Gasteiger charge is -2.32. The Hall–Kier alpha value is -2.31. The van der Waals surface area contributed by atoms with Crippen molar-refractivity contribution >= 4 is 6.09 Å². The molecule has 3 heterocycles. The van der Waals surface area contributed by atoms with E-state index in [1.807, 2.05) is 20.8 Å². The number of hydrogen-bond donors (Lipinski definition) is 0. The second kappa shape index (κ2) is 6.06. The van der Waals surface area contributed by atoms with Crippen LogP contribution in [0.5, 0.6) is 0 Å². The highest BCUT2D eigenvalue weighted by Crippen LogP contribution is 2.29. The molecule has 0 aromatic carbocycles. The smallest absolute Gasteiger partial charge is 0.410 e. The van der Waals surface area contributed by atoms with Crippen molar-refractivity contribution in [2.45, 2.75) is 45.1 Å². The monoisotopic (exact) mass is 319 g/mol. The lowest BCUT2D eigenvalue weighted by atomic mass is 9.97. The minimum atomic E-state index is -0.474. The summed E-state index contributed by atoms with van der Waals surface area (Å²) in [6.07, 6.45) is 2.86. The van der Waals surface area contributed by atoms with E-state index in [9.17, 15) is 4.79 Å². The molecule has 23 heavy (non-hydrogen) atoms. The minimum Gasteiger partial charge on any atom is -0.461 e. The summed E-state index contributed by atoms with van der Waals surface area (Å²) < 4.78 is 16.0. The molecule has 1 saturated heterocycles. The van der Waals surface area contributed by atoms with Crippen molar-refractivity contribution in [1.82, 2.24) is 15.0 Å². The quantitative estimate of drug-likeness (QED) is 0.843. The van der Waals surface area contributed by atoms with Gasteiger partial charge < -0.3 is 18.6 Å². The fourth-order valence-corrected chi connectivity index (χ4v) is 2.54. The molecule has 0 unspecified atom stereocenters. The van der Waals surface area contributed by atoms with Gasteiger partial charge in [0.15, 0.2) is 5.76 Å². The van der Waals surface area contributed by atoms with Crippen LogP contribution in [0.2, 0.25) is 0 Å². The molecule has 1 fully saturated rings. The van der Waals surface area contributed by atoms with Gasteiger partial charge in [-0.15, -0.1) is 0 Å². The summed E-state index contributed by atoms with van der Waals surface area (Å²) in [6, 6.07) is 3.57. The van der Waals surface area contributed by atoms with Gasteiger partial charge in [0, 0.05) is 19.0 Å². The molecular formula is C16H21N3O4. The van der Waals surface area contributed by atoms with Crippen molar-refractivity contribution < 1.29 is 18.5 Å². The lowest BCUT2D eigenvalue weighted by molar-refractivity contribution is 0.0198. The Morgan fingerprint density at radius 1 is 1.35 bits per heavy atom. The summed E-state index contributed by atoms with van der Waals surface area (Å²) >= 11 is 0. The normalized spacial score (nSPS) is 16.6. The summed E-state index contributed by atoms with van der Waals surface area (Å²) in [5.74, 6) is 1.80. The maximum Gasteiger partial charge on any atom is 0.410 e. The van der Waals surface area contributed by atoms with Crippen LogP contribution in [0.4, 0.5) is 4.79 Å². The molecule has 0 N–H and O–H groups in total. The average molecular weight is 319 g/mol. The van der Waals surface area contributed by atoms with Crippen LogP contribution in [0, 0.1) is 0 Å². The van der Waals surface area contributed by atoms with Crippen LogP contribution in [-0.4, -0.2) is 39.8 Å². The van der Waals surface area contributed by atoms with Crippen LogP contribution >= 0.6 is 0 Å². The second-order valence-electron chi connectivity index (χ2n) is 6.68. The van der Waals surface area contributed by atoms with E-state index in [4.69, 9.17) is 13.7 Å². The Morgan fingerprint density at radius 2 is 2.09 bits per heavy atom. The topological polar surface area (TPSA) is 81.6 Å². The van der Waals surface area contributed by atoms with E-state index in [-0.39, 0.29) is 12.0 Å². The molecule has 124 valence electrons. The highest BCUT2D eigenvalue weighted by molar-refractivity contribution is 5.68. The first-order valence-corrected chi connectivity index (χ1v) is 7.78. The van der Waals surface area contributed by atoms with Crippen molar-refractivity contribution in [1.29, 1.82) is 0 Å². The van der Waals surface area contributed by atoms with E-state index in [1.54, 1.807) is 23.3 Å².